The summed E-state index contributed by atoms with van der Waals surface area (Å²) in [6.07, 6.45) is 0. The monoisotopic (exact) mass is 604 g/mol. The molecular formula is C22H16N6O11S2. The van der Waals surface area contributed by atoms with E-state index < -0.39 is 62.3 Å². The SMILES string of the molecule is Nc1cc(NN=c2c(=O)ccc(=NNc3cc(S(=O)(=O)O)cc4cc(S(=O)(=O)O)cc(O)c34)c2=O)ccc1[N+](=O)[O-]. The van der Waals surface area contributed by atoms with Crippen LogP contribution in [0.25, 0.3) is 10.8 Å². The van der Waals surface area contributed by atoms with Crippen LogP contribution in [0.4, 0.5) is 22.7 Å². The molecule has 0 aromatic heterocycles. The van der Waals surface area contributed by atoms with Crippen molar-refractivity contribution in [3.05, 3.63) is 95.9 Å². The smallest absolute Gasteiger partial charge is 0.294 e. The molecule has 0 unspecified atom stereocenters. The van der Waals surface area contributed by atoms with Gasteiger partial charge in [0.2, 0.25) is 10.9 Å². The largest absolute Gasteiger partial charge is 0.507 e. The normalized spacial score (nSPS) is 12.9. The molecule has 19 heteroatoms. The van der Waals surface area contributed by atoms with Crippen LogP contribution >= 0.6 is 0 Å². The van der Waals surface area contributed by atoms with Gasteiger partial charge in [-0.1, -0.05) is 0 Å². The van der Waals surface area contributed by atoms with Crippen LogP contribution in [0.2, 0.25) is 0 Å². The molecule has 0 atom stereocenters. The van der Waals surface area contributed by atoms with Gasteiger partial charge in [0.05, 0.1) is 26.1 Å². The van der Waals surface area contributed by atoms with Crippen molar-refractivity contribution in [3.63, 3.8) is 0 Å². The number of fused-ring (bicyclic) bond motifs is 1. The van der Waals surface area contributed by atoms with Gasteiger partial charge in [0, 0.05) is 17.5 Å². The maximum Gasteiger partial charge on any atom is 0.294 e. The Bertz CT molecular complexity index is 2200. The summed E-state index contributed by atoms with van der Waals surface area (Å²) in [6.45, 7) is 0. The summed E-state index contributed by atoms with van der Waals surface area (Å²) in [6, 6.07) is 8.56. The van der Waals surface area contributed by atoms with Gasteiger partial charge < -0.3 is 10.8 Å². The zero-order chi connectivity index (χ0) is 30.3. The van der Waals surface area contributed by atoms with Gasteiger partial charge in [0.15, 0.2) is 5.36 Å². The van der Waals surface area contributed by atoms with Crippen LogP contribution in [-0.4, -0.2) is 36.0 Å². The number of nitrogens with two attached hydrogens (primary N) is 1. The molecule has 4 aromatic rings. The highest BCUT2D eigenvalue weighted by Gasteiger charge is 2.20. The van der Waals surface area contributed by atoms with Gasteiger partial charge >= 0.3 is 0 Å². The number of hydrogen-bond donors (Lipinski definition) is 6. The lowest BCUT2D eigenvalue weighted by Gasteiger charge is -2.11. The lowest BCUT2D eigenvalue weighted by Crippen LogP contribution is -2.47. The number of rotatable bonds is 7. The molecule has 0 aliphatic carbocycles. The molecule has 0 heterocycles. The van der Waals surface area contributed by atoms with E-state index in [0.717, 1.165) is 42.5 Å². The lowest BCUT2D eigenvalue weighted by atomic mass is 10.1. The van der Waals surface area contributed by atoms with Crippen LogP contribution in [0, 0.1) is 10.1 Å². The fourth-order valence-electron chi connectivity index (χ4n) is 3.59. The molecule has 0 aliphatic heterocycles. The Labute approximate surface area is 227 Å². The number of nitrogens with zero attached hydrogens (tertiary/aromatic N) is 3. The summed E-state index contributed by atoms with van der Waals surface area (Å²) >= 11 is 0. The van der Waals surface area contributed by atoms with E-state index in [9.17, 15) is 50.8 Å². The van der Waals surface area contributed by atoms with E-state index in [-0.39, 0.29) is 33.5 Å². The lowest BCUT2D eigenvalue weighted by molar-refractivity contribution is -0.383. The van der Waals surface area contributed by atoms with E-state index in [4.69, 9.17) is 5.73 Å². The van der Waals surface area contributed by atoms with Crippen molar-refractivity contribution in [3.8, 4) is 5.75 Å². The number of anilines is 3. The van der Waals surface area contributed by atoms with Crippen molar-refractivity contribution in [1.29, 1.82) is 0 Å². The van der Waals surface area contributed by atoms with Gasteiger partial charge in [-0.15, -0.1) is 0 Å². The first-order chi connectivity index (χ1) is 19.1. The molecule has 41 heavy (non-hydrogen) atoms. The summed E-state index contributed by atoms with van der Waals surface area (Å²) in [5, 5.41) is 27.3. The Morgan fingerprint density at radius 3 is 2.07 bits per heavy atom. The second kappa shape index (κ2) is 10.4. The summed E-state index contributed by atoms with van der Waals surface area (Å²) in [7, 11) is -9.70. The zero-order valence-corrected chi connectivity index (χ0v) is 21.7. The van der Waals surface area contributed by atoms with Crippen LogP contribution < -0.4 is 38.2 Å². The average Bonchev–Trinajstić information content (AvgIpc) is 2.86. The first kappa shape index (κ1) is 28.8. The predicted molar refractivity (Wildman–Crippen MR) is 142 cm³/mol. The van der Waals surface area contributed by atoms with Crippen molar-refractivity contribution < 1.29 is 36.0 Å². The van der Waals surface area contributed by atoms with Gasteiger partial charge in [-0.3, -0.25) is 39.7 Å². The first-order valence-corrected chi connectivity index (χ1v) is 13.7. The molecular weight excluding hydrogens is 588 g/mol. The summed E-state index contributed by atoms with van der Waals surface area (Å²) in [4.78, 5) is 33.8. The van der Waals surface area contributed by atoms with E-state index in [1.54, 1.807) is 0 Å². The minimum absolute atomic E-state index is 0.112. The zero-order valence-electron chi connectivity index (χ0n) is 20.0. The highest BCUT2D eigenvalue weighted by Crippen LogP contribution is 2.36. The van der Waals surface area contributed by atoms with Gasteiger partial charge in [-0.05, 0) is 47.9 Å². The number of benzene rings is 4. The molecule has 0 amide bonds. The molecule has 212 valence electrons. The van der Waals surface area contributed by atoms with Crippen molar-refractivity contribution in [2.75, 3.05) is 16.6 Å². The molecule has 0 aliphatic rings. The molecule has 4 rings (SSSR count). The summed E-state index contributed by atoms with van der Waals surface area (Å²) in [5.74, 6) is -0.741. The van der Waals surface area contributed by atoms with Crippen LogP contribution in [0.15, 0.2) is 84.2 Å². The minimum atomic E-state index is -4.87. The highest BCUT2D eigenvalue weighted by atomic mass is 32.2. The molecule has 0 bridgehead atoms. The van der Waals surface area contributed by atoms with Crippen LogP contribution in [-0.2, 0) is 20.2 Å². The molecule has 0 fully saturated rings. The third-order valence-corrected chi connectivity index (χ3v) is 7.13. The molecule has 0 saturated heterocycles. The van der Waals surface area contributed by atoms with Crippen LogP contribution in [0.5, 0.6) is 5.75 Å². The van der Waals surface area contributed by atoms with E-state index in [2.05, 4.69) is 21.1 Å². The topological polar surface area (TPSA) is 281 Å². The number of hydrogen-bond acceptors (Lipinski definition) is 14. The van der Waals surface area contributed by atoms with Gasteiger partial charge in [-0.2, -0.15) is 27.0 Å². The van der Waals surface area contributed by atoms with E-state index >= 15 is 0 Å². The summed E-state index contributed by atoms with van der Waals surface area (Å²) < 4.78 is 65.5. The second-order valence-corrected chi connectivity index (χ2v) is 11.0. The quantitative estimate of drug-likeness (QED) is 0.0700. The molecule has 4 aromatic carbocycles. The van der Waals surface area contributed by atoms with Crippen molar-refractivity contribution in [2.45, 2.75) is 9.79 Å². The number of nitro groups is 1. The Kier molecular flexibility index (Phi) is 7.29. The molecule has 7 N–H and O–H groups in total. The van der Waals surface area contributed by atoms with E-state index in [0.29, 0.717) is 6.07 Å². The molecule has 17 nitrogen and oxygen atoms in total. The molecule has 0 spiro atoms. The van der Waals surface area contributed by atoms with Crippen molar-refractivity contribution >= 4 is 53.8 Å². The molecule has 0 saturated carbocycles. The fraction of sp³-hybridized carbons (Fsp3) is 0. The first-order valence-electron chi connectivity index (χ1n) is 10.8. The van der Waals surface area contributed by atoms with Crippen LogP contribution in [0.3, 0.4) is 0 Å². The predicted octanol–water partition coefficient (Wildman–Crippen LogP) is -0.0192. The van der Waals surface area contributed by atoms with Gasteiger partial charge in [-0.25, -0.2) is 0 Å². The molecule has 0 radical (unpaired) electrons. The number of nitrogen functional groups attached to an aromatic ring is 1. The Balaban J connectivity index is 1.82. The Morgan fingerprint density at radius 2 is 1.49 bits per heavy atom. The third kappa shape index (κ3) is 6.01. The van der Waals surface area contributed by atoms with Gasteiger partial charge in [0.25, 0.3) is 25.9 Å². The fourth-order valence-corrected chi connectivity index (χ4v) is 4.67. The van der Waals surface area contributed by atoms with Crippen molar-refractivity contribution in [2.24, 2.45) is 10.2 Å². The number of nitrogens with one attached hydrogen (secondary N) is 2. The number of phenols is 1. The van der Waals surface area contributed by atoms with Gasteiger partial charge in [0.1, 0.15) is 16.8 Å². The van der Waals surface area contributed by atoms with Crippen LogP contribution in [0.1, 0.15) is 0 Å². The third-order valence-electron chi connectivity index (χ3n) is 5.46. The summed E-state index contributed by atoms with van der Waals surface area (Å²) in [5.41, 5.74) is 7.69. The Morgan fingerprint density at radius 1 is 0.854 bits per heavy atom. The van der Waals surface area contributed by atoms with Crippen molar-refractivity contribution in [1.82, 2.24) is 0 Å². The maximum atomic E-state index is 12.9. The number of aromatic hydroxyl groups is 1. The number of nitro benzene ring substituents is 1. The maximum absolute atomic E-state index is 12.9. The highest BCUT2D eigenvalue weighted by molar-refractivity contribution is 7.86. The average molecular weight is 605 g/mol. The minimum Gasteiger partial charge on any atom is -0.507 e. The standard InChI is InChI=1S/C22H16N6O11S2/c23-14-7-11(1-3-17(14)28(32)33)24-27-21-18(29)4-2-15(22(21)31)25-26-16-8-12(40(34,35)36)5-10-6-13(41(37,38)39)9-19(30)20(10)16/h1-9,24,26,30H,23H2,(H,34,35,36)(H,37,38,39). The number of phenolic OH excluding ortho intramolecular Hbond substituents is 1. The van der Waals surface area contributed by atoms with E-state index in [1.165, 1.54) is 6.07 Å². The van der Waals surface area contributed by atoms with E-state index in [1.807, 2.05) is 0 Å². The second-order valence-electron chi connectivity index (χ2n) is 8.20. The Hall–Kier alpha value is -5.24.